The average molecular weight is 375 g/mol. The van der Waals surface area contributed by atoms with Crippen LogP contribution in [0.15, 0.2) is 22.5 Å². The van der Waals surface area contributed by atoms with Crippen molar-refractivity contribution in [3.05, 3.63) is 22.5 Å². The fraction of sp³-hybridized carbons (Fsp3) is 0.792. The SMILES string of the molecule is CC(C)C1=C2CC[C@@H]3[C@H](CC[C@]4(C)C(=C(F)CO)CC[C@@H]34)[C@@]2(C)CCC1=O. The van der Waals surface area contributed by atoms with E-state index in [9.17, 15) is 14.3 Å². The highest BCUT2D eigenvalue weighted by molar-refractivity contribution is 5.97. The van der Waals surface area contributed by atoms with Crippen LogP contribution in [0.25, 0.3) is 0 Å². The standard InChI is InChI=1S/C24H35FO2/c1-14(2)22-19-6-5-15-16-7-8-18(20(25)13-26)23(16,3)11-9-17(15)24(19,4)12-10-21(22)27/h14-17,26H,5-13H2,1-4H3/t15-,16-,17-,23-,24+/m0/s1. The van der Waals surface area contributed by atoms with Crippen LogP contribution in [0.1, 0.15) is 79.1 Å². The smallest absolute Gasteiger partial charge is 0.159 e. The Bertz CT molecular complexity index is 718. The molecular weight excluding hydrogens is 339 g/mol. The van der Waals surface area contributed by atoms with E-state index >= 15 is 0 Å². The Morgan fingerprint density at radius 2 is 1.78 bits per heavy atom. The second-order valence-electron chi connectivity index (χ2n) is 10.3. The van der Waals surface area contributed by atoms with Crippen LogP contribution in [-0.2, 0) is 4.79 Å². The lowest BCUT2D eigenvalue weighted by Crippen LogP contribution is -2.50. The topological polar surface area (TPSA) is 37.3 Å². The van der Waals surface area contributed by atoms with Crippen LogP contribution >= 0.6 is 0 Å². The van der Waals surface area contributed by atoms with Gasteiger partial charge in [0.15, 0.2) is 5.78 Å². The molecule has 0 unspecified atom stereocenters. The summed E-state index contributed by atoms with van der Waals surface area (Å²) in [6.07, 6.45) is 7.91. The van der Waals surface area contributed by atoms with Crippen molar-refractivity contribution >= 4 is 5.78 Å². The Balaban J connectivity index is 1.72. The first-order chi connectivity index (χ1) is 12.7. The Morgan fingerprint density at radius 1 is 1.07 bits per heavy atom. The lowest BCUT2D eigenvalue weighted by atomic mass is 9.46. The number of ketones is 1. The molecule has 4 aliphatic carbocycles. The third-order valence-corrected chi connectivity index (χ3v) is 9.00. The number of Topliss-reactive ketones (excluding diaryl/α,β-unsaturated/α-hetero) is 1. The van der Waals surface area contributed by atoms with Crippen molar-refractivity contribution in [2.75, 3.05) is 6.61 Å². The second kappa shape index (κ2) is 6.54. The van der Waals surface area contributed by atoms with Crippen molar-refractivity contribution in [3.8, 4) is 0 Å². The molecule has 1 N–H and O–H groups in total. The van der Waals surface area contributed by atoms with Crippen LogP contribution in [0.2, 0.25) is 0 Å². The van der Waals surface area contributed by atoms with Crippen LogP contribution in [-0.4, -0.2) is 17.5 Å². The normalized spacial score (nSPS) is 43.5. The summed E-state index contributed by atoms with van der Waals surface area (Å²) in [5.74, 6) is 2.21. The van der Waals surface area contributed by atoms with Crippen LogP contribution in [0, 0.1) is 34.5 Å². The van der Waals surface area contributed by atoms with Gasteiger partial charge in [0.05, 0.1) is 6.61 Å². The number of hydrogen-bond acceptors (Lipinski definition) is 2. The molecule has 0 heterocycles. The molecule has 0 aromatic carbocycles. The molecule has 0 aromatic rings. The third-order valence-electron chi connectivity index (χ3n) is 9.00. The van der Waals surface area contributed by atoms with Gasteiger partial charge in [-0.05, 0) is 90.6 Å². The zero-order valence-electron chi connectivity index (χ0n) is 17.4. The van der Waals surface area contributed by atoms with Crippen LogP contribution < -0.4 is 0 Å². The number of rotatable bonds is 2. The van der Waals surface area contributed by atoms with Gasteiger partial charge in [0, 0.05) is 6.42 Å². The fourth-order valence-electron chi connectivity index (χ4n) is 7.78. The number of carbonyl (C=O) groups excluding carboxylic acids is 1. The van der Waals surface area contributed by atoms with Crippen LogP contribution in [0.4, 0.5) is 4.39 Å². The van der Waals surface area contributed by atoms with Gasteiger partial charge in [-0.15, -0.1) is 0 Å². The minimum absolute atomic E-state index is 0.0725. The molecule has 0 saturated heterocycles. The van der Waals surface area contributed by atoms with Gasteiger partial charge >= 0.3 is 0 Å². The van der Waals surface area contributed by atoms with E-state index in [1.165, 1.54) is 5.57 Å². The number of halogens is 1. The van der Waals surface area contributed by atoms with Crippen LogP contribution in [0.5, 0.6) is 0 Å². The molecule has 0 radical (unpaired) electrons. The molecule has 150 valence electrons. The van der Waals surface area contributed by atoms with E-state index in [1.54, 1.807) is 0 Å². The zero-order valence-corrected chi connectivity index (χ0v) is 17.4. The highest BCUT2D eigenvalue weighted by Gasteiger charge is 2.58. The maximum atomic E-state index is 14.4. The molecule has 5 atom stereocenters. The number of carbonyl (C=O) groups is 1. The monoisotopic (exact) mass is 374 g/mol. The van der Waals surface area contributed by atoms with E-state index in [0.29, 0.717) is 35.9 Å². The lowest BCUT2D eigenvalue weighted by Gasteiger charge is -2.58. The predicted octanol–water partition coefficient (Wildman–Crippen LogP) is 5.76. The van der Waals surface area contributed by atoms with Gasteiger partial charge in [0.1, 0.15) is 5.83 Å². The van der Waals surface area contributed by atoms with Gasteiger partial charge in [-0.3, -0.25) is 4.79 Å². The number of aliphatic hydroxyl groups excluding tert-OH is 1. The first-order valence-corrected chi connectivity index (χ1v) is 11.0. The first kappa shape index (κ1) is 19.4. The molecule has 0 spiro atoms. The largest absolute Gasteiger partial charge is 0.389 e. The van der Waals surface area contributed by atoms with Gasteiger partial charge in [0.2, 0.25) is 0 Å². The van der Waals surface area contributed by atoms with Gasteiger partial charge in [-0.25, -0.2) is 4.39 Å². The highest BCUT2D eigenvalue weighted by Crippen LogP contribution is 2.67. The minimum Gasteiger partial charge on any atom is -0.389 e. The van der Waals surface area contributed by atoms with Crippen molar-refractivity contribution in [2.45, 2.75) is 79.1 Å². The van der Waals surface area contributed by atoms with Crippen LogP contribution in [0.3, 0.4) is 0 Å². The third kappa shape index (κ3) is 2.63. The fourth-order valence-corrected chi connectivity index (χ4v) is 7.78. The summed E-state index contributed by atoms with van der Waals surface area (Å²) in [5.41, 5.74) is 3.58. The van der Waals surface area contributed by atoms with Gasteiger partial charge in [-0.2, -0.15) is 0 Å². The molecule has 3 saturated carbocycles. The summed E-state index contributed by atoms with van der Waals surface area (Å²) in [6, 6.07) is 0. The molecule has 0 aromatic heterocycles. The Kier molecular flexibility index (Phi) is 4.69. The Hall–Kier alpha value is -0.960. The van der Waals surface area contributed by atoms with Crippen molar-refractivity contribution in [2.24, 2.45) is 34.5 Å². The van der Waals surface area contributed by atoms with Gasteiger partial charge in [0.25, 0.3) is 0 Å². The van der Waals surface area contributed by atoms with E-state index in [-0.39, 0.29) is 16.7 Å². The van der Waals surface area contributed by atoms with Gasteiger partial charge < -0.3 is 5.11 Å². The Morgan fingerprint density at radius 3 is 2.44 bits per heavy atom. The maximum absolute atomic E-state index is 14.4. The zero-order chi connectivity index (χ0) is 19.6. The van der Waals surface area contributed by atoms with E-state index < -0.39 is 6.61 Å². The van der Waals surface area contributed by atoms with Gasteiger partial charge in [-0.1, -0.05) is 33.3 Å². The van der Waals surface area contributed by atoms with E-state index in [4.69, 9.17) is 0 Å². The Labute approximate surface area is 163 Å². The highest BCUT2D eigenvalue weighted by atomic mass is 19.1. The molecule has 3 heteroatoms. The molecule has 3 fully saturated rings. The molecule has 4 rings (SSSR count). The first-order valence-electron chi connectivity index (χ1n) is 11.0. The summed E-state index contributed by atoms with van der Waals surface area (Å²) in [7, 11) is 0. The van der Waals surface area contributed by atoms with Crippen molar-refractivity contribution in [1.82, 2.24) is 0 Å². The second-order valence-corrected chi connectivity index (χ2v) is 10.3. The van der Waals surface area contributed by atoms with Crippen molar-refractivity contribution in [1.29, 1.82) is 0 Å². The molecule has 2 nitrogen and oxygen atoms in total. The summed E-state index contributed by atoms with van der Waals surface area (Å²) >= 11 is 0. The average Bonchev–Trinajstić information content (AvgIpc) is 2.98. The quantitative estimate of drug-likeness (QED) is 0.667. The molecule has 27 heavy (non-hydrogen) atoms. The predicted molar refractivity (Wildman–Crippen MR) is 106 cm³/mol. The summed E-state index contributed by atoms with van der Waals surface area (Å²) < 4.78 is 14.4. The molecule has 0 aliphatic heterocycles. The summed E-state index contributed by atoms with van der Waals surface area (Å²) in [6.45, 7) is 8.57. The minimum atomic E-state index is -0.448. The number of hydrogen-bond donors (Lipinski definition) is 1. The van der Waals surface area contributed by atoms with Crippen molar-refractivity contribution < 1.29 is 14.3 Å². The molecule has 0 amide bonds. The molecule has 0 bridgehead atoms. The number of fused-ring (bicyclic) bond motifs is 5. The number of aliphatic hydroxyl groups is 1. The molecule has 4 aliphatic rings. The van der Waals surface area contributed by atoms with Crippen molar-refractivity contribution in [3.63, 3.8) is 0 Å². The molecular formula is C24H35FO2. The maximum Gasteiger partial charge on any atom is 0.159 e. The van der Waals surface area contributed by atoms with E-state index in [2.05, 4.69) is 27.7 Å². The summed E-state index contributed by atoms with van der Waals surface area (Å²) in [4.78, 5) is 12.6. The van der Waals surface area contributed by atoms with E-state index in [0.717, 1.165) is 56.1 Å². The lowest BCUT2D eigenvalue weighted by molar-refractivity contribution is -0.119. The number of allylic oxidation sites excluding steroid dienone is 2. The summed E-state index contributed by atoms with van der Waals surface area (Å²) in [5, 5.41) is 9.36. The van der Waals surface area contributed by atoms with E-state index in [1.807, 2.05) is 0 Å².